The largest absolute Gasteiger partial charge is 0.480 e. The van der Waals surface area contributed by atoms with Gasteiger partial charge in [0.15, 0.2) is 0 Å². The molecule has 1 aliphatic rings. The Balaban J connectivity index is 2.00. The standard InChI is InChI=1S/C7H12O3/c1-5-2-6(3-5)10-4-7(8)9/h5-6H,2-4H2,1H3,(H,8,9). The maximum atomic E-state index is 10.0. The van der Waals surface area contributed by atoms with Crippen molar-refractivity contribution in [2.75, 3.05) is 6.61 Å². The van der Waals surface area contributed by atoms with Gasteiger partial charge >= 0.3 is 5.97 Å². The summed E-state index contributed by atoms with van der Waals surface area (Å²) in [5.41, 5.74) is 0. The first-order valence-corrected chi connectivity index (χ1v) is 3.52. The van der Waals surface area contributed by atoms with E-state index in [9.17, 15) is 4.79 Å². The van der Waals surface area contributed by atoms with Crippen LogP contribution in [0.15, 0.2) is 0 Å². The molecule has 0 saturated heterocycles. The predicted octanol–water partition coefficient (Wildman–Crippen LogP) is 0.886. The van der Waals surface area contributed by atoms with Crippen LogP contribution >= 0.6 is 0 Å². The summed E-state index contributed by atoms with van der Waals surface area (Å²) in [5.74, 6) is -0.154. The Hall–Kier alpha value is -0.570. The molecule has 10 heavy (non-hydrogen) atoms. The van der Waals surface area contributed by atoms with Crippen LogP contribution in [0.25, 0.3) is 0 Å². The highest BCUT2D eigenvalue weighted by atomic mass is 16.5. The highest BCUT2D eigenvalue weighted by Crippen LogP contribution is 2.28. The lowest BCUT2D eigenvalue weighted by Gasteiger charge is -2.31. The molecule has 0 heterocycles. The van der Waals surface area contributed by atoms with E-state index in [4.69, 9.17) is 9.84 Å². The van der Waals surface area contributed by atoms with Crippen LogP contribution in [0.3, 0.4) is 0 Å². The molecule has 3 nitrogen and oxygen atoms in total. The van der Waals surface area contributed by atoms with Gasteiger partial charge in [0.25, 0.3) is 0 Å². The van der Waals surface area contributed by atoms with Gasteiger partial charge in [0.05, 0.1) is 6.10 Å². The zero-order valence-corrected chi connectivity index (χ0v) is 6.04. The van der Waals surface area contributed by atoms with Crippen LogP contribution < -0.4 is 0 Å². The third kappa shape index (κ3) is 1.99. The second kappa shape index (κ2) is 3.01. The molecule has 0 spiro atoms. The quantitative estimate of drug-likeness (QED) is 0.639. The molecule has 0 aliphatic heterocycles. The minimum atomic E-state index is -0.875. The van der Waals surface area contributed by atoms with Crippen LogP contribution in [0, 0.1) is 5.92 Å². The lowest BCUT2D eigenvalue weighted by molar-refractivity contribution is -0.147. The van der Waals surface area contributed by atoms with Gasteiger partial charge < -0.3 is 9.84 Å². The van der Waals surface area contributed by atoms with Crippen molar-refractivity contribution in [3.8, 4) is 0 Å². The first kappa shape index (κ1) is 7.54. The van der Waals surface area contributed by atoms with Gasteiger partial charge in [-0.05, 0) is 18.8 Å². The van der Waals surface area contributed by atoms with Gasteiger partial charge in [0.1, 0.15) is 6.61 Å². The summed E-state index contributed by atoms with van der Waals surface area (Å²) >= 11 is 0. The average Bonchev–Trinajstić information content (AvgIpc) is 1.77. The maximum Gasteiger partial charge on any atom is 0.329 e. The summed E-state index contributed by atoms with van der Waals surface area (Å²) in [6, 6.07) is 0. The average molecular weight is 144 g/mol. The number of carbonyl (C=O) groups is 1. The lowest BCUT2D eigenvalue weighted by atomic mass is 9.84. The van der Waals surface area contributed by atoms with E-state index in [0.717, 1.165) is 18.8 Å². The molecule has 0 bridgehead atoms. The summed E-state index contributed by atoms with van der Waals surface area (Å²) in [7, 11) is 0. The van der Waals surface area contributed by atoms with Crippen LogP contribution in [0.2, 0.25) is 0 Å². The Kier molecular flexibility index (Phi) is 2.27. The normalized spacial score (nSPS) is 31.3. The first-order chi connectivity index (χ1) is 4.68. The number of hydrogen-bond donors (Lipinski definition) is 1. The van der Waals surface area contributed by atoms with Crippen LogP contribution in [0.4, 0.5) is 0 Å². The molecule has 1 fully saturated rings. The summed E-state index contributed by atoms with van der Waals surface area (Å²) in [6.45, 7) is 2.00. The minimum Gasteiger partial charge on any atom is -0.480 e. The molecule has 0 atom stereocenters. The van der Waals surface area contributed by atoms with Crippen molar-refractivity contribution in [3.63, 3.8) is 0 Å². The number of aliphatic carboxylic acids is 1. The van der Waals surface area contributed by atoms with E-state index < -0.39 is 5.97 Å². The molecule has 0 amide bonds. The molecule has 0 aromatic heterocycles. The monoisotopic (exact) mass is 144 g/mol. The van der Waals surface area contributed by atoms with Gasteiger partial charge in [0.2, 0.25) is 0 Å². The zero-order chi connectivity index (χ0) is 7.56. The molecule has 1 rings (SSSR count). The van der Waals surface area contributed by atoms with Gasteiger partial charge in [-0.2, -0.15) is 0 Å². The van der Waals surface area contributed by atoms with Gasteiger partial charge in [-0.15, -0.1) is 0 Å². The fraction of sp³-hybridized carbons (Fsp3) is 0.857. The number of carboxylic acid groups (broad SMARTS) is 1. The van der Waals surface area contributed by atoms with Gasteiger partial charge in [-0.1, -0.05) is 6.92 Å². The van der Waals surface area contributed by atoms with Crippen LogP contribution in [0.5, 0.6) is 0 Å². The van der Waals surface area contributed by atoms with Crippen LogP contribution in [-0.2, 0) is 9.53 Å². The smallest absolute Gasteiger partial charge is 0.329 e. The molecular formula is C7H12O3. The Morgan fingerprint density at radius 1 is 1.70 bits per heavy atom. The van der Waals surface area contributed by atoms with Crippen molar-refractivity contribution in [1.82, 2.24) is 0 Å². The van der Waals surface area contributed by atoms with Crippen molar-refractivity contribution < 1.29 is 14.6 Å². The molecular weight excluding hydrogens is 132 g/mol. The van der Waals surface area contributed by atoms with Crippen molar-refractivity contribution >= 4 is 5.97 Å². The summed E-state index contributed by atoms with van der Waals surface area (Å²) in [5, 5.41) is 8.22. The van der Waals surface area contributed by atoms with Crippen LogP contribution in [0.1, 0.15) is 19.8 Å². The zero-order valence-electron chi connectivity index (χ0n) is 6.04. The topological polar surface area (TPSA) is 46.5 Å². The third-order valence-corrected chi connectivity index (χ3v) is 1.77. The van der Waals surface area contributed by atoms with Crippen molar-refractivity contribution in [3.05, 3.63) is 0 Å². The highest BCUT2D eigenvalue weighted by Gasteiger charge is 2.26. The molecule has 3 heteroatoms. The molecule has 0 unspecified atom stereocenters. The SMILES string of the molecule is CC1CC(OCC(=O)O)C1. The third-order valence-electron chi connectivity index (χ3n) is 1.77. The van der Waals surface area contributed by atoms with E-state index in [2.05, 4.69) is 6.92 Å². The number of rotatable bonds is 3. The van der Waals surface area contributed by atoms with E-state index in [1.165, 1.54) is 0 Å². The second-order valence-corrected chi connectivity index (χ2v) is 2.90. The number of carboxylic acids is 1. The minimum absolute atomic E-state index is 0.141. The first-order valence-electron chi connectivity index (χ1n) is 3.52. The van der Waals surface area contributed by atoms with Crippen molar-refractivity contribution in [2.24, 2.45) is 5.92 Å². The predicted molar refractivity (Wildman–Crippen MR) is 35.8 cm³/mol. The van der Waals surface area contributed by atoms with Crippen molar-refractivity contribution in [1.29, 1.82) is 0 Å². The summed E-state index contributed by atoms with van der Waals surface area (Å²) in [4.78, 5) is 10.0. The fourth-order valence-electron chi connectivity index (χ4n) is 1.15. The summed E-state index contributed by atoms with van der Waals surface area (Å²) in [6.07, 6.45) is 2.26. The van der Waals surface area contributed by atoms with Gasteiger partial charge in [-0.3, -0.25) is 0 Å². The van der Waals surface area contributed by atoms with E-state index in [0.29, 0.717) is 0 Å². The highest BCUT2D eigenvalue weighted by molar-refractivity contribution is 5.68. The Morgan fingerprint density at radius 2 is 2.30 bits per heavy atom. The summed E-state index contributed by atoms with van der Waals surface area (Å²) < 4.78 is 5.01. The molecule has 0 aromatic carbocycles. The van der Waals surface area contributed by atoms with E-state index in [-0.39, 0.29) is 12.7 Å². The van der Waals surface area contributed by atoms with Gasteiger partial charge in [-0.25, -0.2) is 4.79 Å². The molecule has 1 saturated carbocycles. The number of hydrogen-bond acceptors (Lipinski definition) is 2. The molecule has 1 N–H and O–H groups in total. The second-order valence-electron chi connectivity index (χ2n) is 2.90. The molecule has 0 aromatic rings. The van der Waals surface area contributed by atoms with E-state index in [1.807, 2.05) is 0 Å². The van der Waals surface area contributed by atoms with E-state index in [1.54, 1.807) is 0 Å². The van der Waals surface area contributed by atoms with Crippen molar-refractivity contribution in [2.45, 2.75) is 25.9 Å². The Morgan fingerprint density at radius 3 is 2.70 bits per heavy atom. The molecule has 58 valence electrons. The maximum absolute atomic E-state index is 10.0. The van der Waals surface area contributed by atoms with E-state index >= 15 is 0 Å². The van der Waals surface area contributed by atoms with Crippen LogP contribution in [-0.4, -0.2) is 23.8 Å². The number of ether oxygens (including phenoxy) is 1. The molecule has 0 radical (unpaired) electrons. The molecule has 1 aliphatic carbocycles. The van der Waals surface area contributed by atoms with Gasteiger partial charge in [0, 0.05) is 0 Å². The lowest BCUT2D eigenvalue weighted by Crippen LogP contribution is -2.31. The Bertz CT molecular complexity index is 127. The Labute approximate surface area is 60.0 Å². The fourth-order valence-corrected chi connectivity index (χ4v) is 1.15.